The second-order valence-corrected chi connectivity index (χ2v) is 5.15. The molecule has 0 unspecified atom stereocenters. The standard InChI is InChI=1S/C17H11Cl2NO2/c1-22-15-8-3-2-5-11(15)9-12(10-20)17(21)16-13(18)6-4-7-14(16)19/h2-9H,1H3/b12-9-. The van der Waals surface area contributed by atoms with Gasteiger partial charge in [0.05, 0.1) is 22.7 Å². The molecule has 3 nitrogen and oxygen atoms in total. The van der Waals surface area contributed by atoms with Gasteiger partial charge in [-0.2, -0.15) is 5.26 Å². The summed E-state index contributed by atoms with van der Waals surface area (Å²) in [6.07, 6.45) is 1.46. The van der Waals surface area contributed by atoms with Crippen LogP contribution in [0, 0.1) is 11.3 Å². The van der Waals surface area contributed by atoms with Crippen LogP contribution in [-0.4, -0.2) is 12.9 Å². The summed E-state index contributed by atoms with van der Waals surface area (Å²) in [6.45, 7) is 0. The SMILES string of the molecule is COc1ccccc1/C=C(/C#N)C(=O)c1c(Cl)cccc1Cl. The van der Waals surface area contributed by atoms with Crippen LogP contribution in [0.15, 0.2) is 48.0 Å². The lowest BCUT2D eigenvalue weighted by molar-refractivity contribution is 0.104. The topological polar surface area (TPSA) is 50.1 Å². The smallest absolute Gasteiger partial charge is 0.206 e. The molecule has 0 aromatic heterocycles. The molecule has 0 amide bonds. The molecule has 5 heteroatoms. The van der Waals surface area contributed by atoms with E-state index < -0.39 is 5.78 Å². The number of Topliss-reactive ketones (excluding diaryl/α,β-unsaturated/α-hetero) is 1. The second-order valence-electron chi connectivity index (χ2n) is 4.34. The van der Waals surface area contributed by atoms with Gasteiger partial charge in [-0.15, -0.1) is 0 Å². The average molecular weight is 332 g/mol. The monoisotopic (exact) mass is 331 g/mol. The third-order valence-electron chi connectivity index (χ3n) is 2.99. The van der Waals surface area contributed by atoms with Gasteiger partial charge >= 0.3 is 0 Å². The summed E-state index contributed by atoms with van der Waals surface area (Å²) in [5.74, 6) is 0.0392. The Morgan fingerprint density at radius 1 is 1.14 bits per heavy atom. The number of hydrogen-bond donors (Lipinski definition) is 0. The Bertz CT molecular complexity index is 771. The minimum atomic E-state index is -0.524. The molecule has 0 spiro atoms. The number of carbonyl (C=O) groups excluding carboxylic acids is 1. The second kappa shape index (κ2) is 7.13. The van der Waals surface area contributed by atoms with Crippen LogP contribution in [0.3, 0.4) is 0 Å². The number of carbonyl (C=O) groups is 1. The number of nitrogens with zero attached hydrogens (tertiary/aromatic N) is 1. The molecule has 2 aromatic rings. The Kier molecular flexibility index (Phi) is 5.21. The highest BCUT2D eigenvalue weighted by molar-refractivity contribution is 6.41. The van der Waals surface area contributed by atoms with Crippen LogP contribution in [0.5, 0.6) is 5.75 Å². The molecule has 0 aliphatic rings. The quantitative estimate of drug-likeness (QED) is 0.459. The van der Waals surface area contributed by atoms with Crippen molar-refractivity contribution in [3.8, 4) is 11.8 Å². The van der Waals surface area contributed by atoms with Crippen molar-refractivity contribution < 1.29 is 9.53 Å². The van der Waals surface area contributed by atoms with Crippen molar-refractivity contribution in [1.29, 1.82) is 5.26 Å². The minimum absolute atomic E-state index is 0.0699. The highest BCUT2D eigenvalue weighted by Gasteiger charge is 2.19. The number of ketones is 1. The van der Waals surface area contributed by atoms with Crippen LogP contribution in [-0.2, 0) is 0 Å². The van der Waals surface area contributed by atoms with Gasteiger partial charge in [0.25, 0.3) is 0 Å². The number of hydrogen-bond acceptors (Lipinski definition) is 3. The number of allylic oxidation sites excluding steroid dienone is 1. The van der Waals surface area contributed by atoms with Crippen molar-refractivity contribution in [3.63, 3.8) is 0 Å². The maximum Gasteiger partial charge on any atom is 0.206 e. The molecule has 0 saturated heterocycles. The van der Waals surface area contributed by atoms with Gasteiger partial charge in [-0.05, 0) is 24.3 Å². The highest BCUT2D eigenvalue weighted by Crippen LogP contribution is 2.28. The Morgan fingerprint density at radius 3 is 2.36 bits per heavy atom. The lowest BCUT2D eigenvalue weighted by atomic mass is 10.0. The van der Waals surface area contributed by atoms with E-state index in [-0.39, 0.29) is 21.2 Å². The normalized spacial score (nSPS) is 10.9. The summed E-state index contributed by atoms with van der Waals surface area (Å²) >= 11 is 12.0. The first-order chi connectivity index (χ1) is 10.6. The zero-order valence-electron chi connectivity index (χ0n) is 11.6. The minimum Gasteiger partial charge on any atom is -0.496 e. The van der Waals surface area contributed by atoms with Crippen molar-refractivity contribution >= 4 is 35.1 Å². The van der Waals surface area contributed by atoms with Gasteiger partial charge in [0, 0.05) is 5.56 Å². The number of benzene rings is 2. The molecular weight excluding hydrogens is 321 g/mol. The molecule has 0 saturated carbocycles. The lowest BCUT2D eigenvalue weighted by Gasteiger charge is -2.07. The number of rotatable bonds is 4. The van der Waals surface area contributed by atoms with Gasteiger partial charge in [0.2, 0.25) is 5.78 Å². The molecule has 2 aromatic carbocycles. The fourth-order valence-electron chi connectivity index (χ4n) is 1.94. The van der Waals surface area contributed by atoms with Crippen LogP contribution in [0.4, 0.5) is 0 Å². The summed E-state index contributed by atoms with van der Waals surface area (Å²) in [5.41, 5.74) is 0.672. The van der Waals surface area contributed by atoms with Crippen molar-refractivity contribution in [2.45, 2.75) is 0 Å². The van der Waals surface area contributed by atoms with Crippen molar-refractivity contribution in [2.75, 3.05) is 7.11 Å². The maximum atomic E-state index is 12.5. The third kappa shape index (κ3) is 3.30. The molecule has 2 rings (SSSR count). The van der Waals surface area contributed by atoms with E-state index in [4.69, 9.17) is 27.9 Å². The van der Waals surface area contributed by atoms with E-state index in [0.29, 0.717) is 11.3 Å². The van der Waals surface area contributed by atoms with Crippen LogP contribution < -0.4 is 4.74 Å². The van der Waals surface area contributed by atoms with Crippen molar-refractivity contribution in [1.82, 2.24) is 0 Å². The molecule has 0 bridgehead atoms. The van der Waals surface area contributed by atoms with Crippen LogP contribution >= 0.6 is 23.2 Å². The Morgan fingerprint density at radius 2 is 1.77 bits per heavy atom. The molecule has 0 radical (unpaired) electrons. The summed E-state index contributed by atoms with van der Waals surface area (Å²) < 4.78 is 5.21. The van der Waals surface area contributed by atoms with Gasteiger partial charge in [0.1, 0.15) is 17.4 Å². The summed E-state index contributed by atoms with van der Waals surface area (Å²) in [7, 11) is 1.52. The first-order valence-corrected chi connectivity index (χ1v) is 7.07. The maximum absolute atomic E-state index is 12.5. The van der Waals surface area contributed by atoms with E-state index in [9.17, 15) is 10.1 Å². The van der Waals surface area contributed by atoms with E-state index in [1.807, 2.05) is 6.07 Å². The first-order valence-electron chi connectivity index (χ1n) is 6.32. The van der Waals surface area contributed by atoms with Gasteiger partial charge in [-0.1, -0.05) is 47.5 Å². The molecule has 110 valence electrons. The zero-order chi connectivity index (χ0) is 16.1. The molecule has 22 heavy (non-hydrogen) atoms. The van der Waals surface area contributed by atoms with Crippen LogP contribution in [0.25, 0.3) is 6.08 Å². The molecule has 0 heterocycles. The summed E-state index contributed by atoms with van der Waals surface area (Å²) in [6, 6.07) is 13.7. The van der Waals surface area contributed by atoms with Crippen LogP contribution in [0.2, 0.25) is 10.0 Å². The van der Waals surface area contributed by atoms with Gasteiger partial charge in [0.15, 0.2) is 0 Å². The van der Waals surface area contributed by atoms with E-state index >= 15 is 0 Å². The number of nitriles is 1. The van der Waals surface area contributed by atoms with Gasteiger partial charge in [-0.25, -0.2) is 0 Å². The zero-order valence-corrected chi connectivity index (χ0v) is 13.2. The van der Waals surface area contributed by atoms with Gasteiger partial charge in [-0.3, -0.25) is 4.79 Å². The average Bonchev–Trinajstić information content (AvgIpc) is 2.52. The fraction of sp³-hybridized carbons (Fsp3) is 0.0588. The number of methoxy groups -OCH3 is 1. The highest BCUT2D eigenvalue weighted by atomic mass is 35.5. The summed E-state index contributed by atoms with van der Waals surface area (Å²) in [5, 5.41) is 9.71. The van der Waals surface area contributed by atoms with Crippen LogP contribution in [0.1, 0.15) is 15.9 Å². The predicted molar refractivity (Wildman–Crippen MR) is 87.4 cm³/mol. The number of halogens is 2. The molecule has 0 aliphatic heterocycles. The van der Waals surface area contributed by atoms with E-state index in [1.54, 1.807) is 42.5 Å². The predicted octanol–water partition coefficient (Wildman–Crippen LogP) is 4.79. The van der Waals surface area contributed by atoms with Crippen molar-refractivity contribution in [3.05, 3.63) is 69.2 Å². The molecule has 0 aliphatic carbocycles. The first kappa shape index (κ1) is 16.1. The number of ether oxygens (including phenoxy) is 1. The van der Waals surface area contributed by atoms with Gasteiger partial charge < -0.3 is 4.74 Å². The Hall–Kier alpha value is -2.28. The molecule has 0 atom stereocenters. The summed E-state index contributed by atoms with van der Waals surface area (Å²) in [4.78, 5) is 12.5. The molecular formula is C17H11Cl2NO2. The van der Waals surface area contributed by atoms with E-state index in [0.717, 1.165) is 0 Å². The fourth-order valence-corrected chi connectivity index (χ4v) is 2.51. The Labute approximate surface area is 138 Å². The lowest BCUT2D eigenvalue weighted by Crippen LogP contribution is -2.04. The van der Waals surface area contributed by atoms with E-state index in [2.05, 4.69) is 0 Å². The van der Waals surface area contributed by atoms with Crippen molar-refractivity contribution in [2.24, 2.45) is 0 Å². The third-order valence-corrected chi connectivity index (χ3v) is 3.62. The number of para-hydroxylation sites is 1. The largest absolute Gasteiger partial charge is 0.496 e. The van der Waals surface area contributed by atoms with E-state index in [1.165, 1.54) is 13.2 Å². The molecule has 0 fully saturated rings. The molecule has 0 N–H and O–H groups in total. The Balaban J connectivity index is 2.51.